The van der Waals surface area contributed by atoms with Gasteiger partial charge in [-0.25, -0.2) is 4.39 Å². The van der Waals surface area contributed by atoms with Crippen molar-refractivity contribution < 1.29 is 28.2 Å². The molecule has 0 radical (unpaired) electrons. The Hall–Kier alpha value is -3.63. The van der Waals surface area contributed by atoms with Gasteiger partial charge in [0.15, 0.2) is 11.5 Å². The molecule has 1 N–H and O–H groups in total. The van der Waals surface area contributed by atoms with Gasteiger partial charge in [0, 0.05) is 5.69 Å². The molecule has 1 aliphatic heterocycles. The van der Waals surface area contributed by atoms with Crippen LogP contribution in [0.1, 0.15) is 18.1 Å². The molecular weight excluding hydrogens is 563 g/mol. The molecule has 190 valence electrons. The molecular formula is C27H22BrFN2O5S. The summed E-state index contributed by atoms with van der Waals surface area (Å²) < 4.78 is 25.7. The highest BCUT2D eigenvalue weighted by Gasteiger charge is 2.36. The number of benzene rings is 3. The Morgan fingerprint density at radius 2 is 1.86 bits per heavy atom. The van der Waals surface area contributed by atoms with Crippen LogP contribution in [-0.4, -0.2) is 35.1 Å². The van der Waals surface area contributed by atoms with Gasteiger partial charge in [0.05, 0.1) is 16.0 Å². The Kier molecular flexibility index (Phi) is 8.62. The van der Waals surface area contributed by atoms with Crippen molar-refractivity contribution in [1.82, 2.24) is 4.90 Å². The minimum atomic E-state index is -0.615. The van der Waals surface area contributed by atoms with Crippen LogP contribution in [0.25, 0.3) is 6.08 Å². The van der Waals surface area contributed by atoms with Gasteiger partial charge in [-0.2, -0.15) is 0 Å². The zero-order chi connectivity index (χ0) is 26.4. The first-order valence-corrected chi connectivity index (χ1v) is 12.9. The summed E-state index contributed by atoms with van der Waals surface area (Å²) in [5.74, 6) is -0.725. The van der Waals surface area contributed by atoms with Crippen LogP contribution in [0, 0.1) is 5.82 Å². The highest BCUT2D eigenvalue weighted by atomic mass is 79.9. The third-order valence-electron chi connectivity index (χ3n) is 5.14. The number of thioether (sulfide) groups is 1. The lowest BCUT2D eigenvalue weighted by atomic mass is 10.1. The van der Waals surface area contributed by atoms with Crippen LogP contribution in [0.3, 0.4) is 0 Å². The smallest absolute Gasteiger partial charge is 0.294 e. The Labute approximate surface area is 225 Å². The monoisotopic (exact) mass is 584 g/mol. The average molecular weight is 585 g/mol. The van der Waals surface area contributed by atoms with Gasteiger partial charge in [-0.3, -0.25) is 19.3 Å². The van der Waals surface area contributed by atoms with E-state index < -0.39 is 29.4 Å². The van der Waals surface area contributed by atoms with E-state index >= 15 is 0 Å². The number of halogens is 2. The van der Waals surface area contributed by atoms with Crippen molar-refractivity contribution in [3.63, 3.8) is 0 Å². The van der Waals surface area contributed by atoms with Gasteiger partial charge in [0.1, 0.15) is 19.0 Å². The summed E-state index contributed by atoms with van der Waals surface area (Å²) in [6.07, 6.45) is 1.56. The molecule has 3 amide bonds. The molecule has 10 heteroatoms. The topological polar surface area (TPSA) is 84.9 Å². The number of amides is 3. The van der Waals surface area contributed by atoms with Gasteiger partial charge in [0.2, 0.25) is 5.91 Å². The lowest BCUT2D eigenvalue weighted by Gasteiger charge is -2.15. The second-order valence-electron chi connectivity index (χ2n) is 7.86. The standard InChI is InChI=1S/C27H22BrFN2O5S/c1-2-35-22-12-18(11-21(28)25(22)36-16-17-7-4-3-5-8-17)13-23-26(33)31(27(34)37-23)15-24(32)30-20-10-6-9-19(29)14-20/h3-14H,2,15-16H2,1H3,(H,30,32)/b23-13+. The zero-order valence-corrected chi connectivity index (χ0v) is 22.1. The molecule has 3 aromatic carbocycles. The molecule has 7 nitrogen and oxygen atoms in total. The molecule has 0 spiro atoms. The van der Waals surface area contributed by atoms with Gasteiger partial charge in [-0.15, -0.1) is 0 Å². The molecule has 0 aromatic heterocycles. The fraction of sp³-hybridized carbons (Fsp3) is 0.148. The van der Waals surface area contributed by atoms with Crippen molar-refractivity contribution in [3.05, 3.63) is 93.1 Å². The van der Waals surface area contributed by atoms with E-state index in [2.05, 4.69) is 21.2 Å². The van der Waals surface area contributed by atoms with E-state index in [0.29, 0.717) is 34.7 Å². The number of nitrogens with one attached hydrogen (secondary N) is 1. The molecule has 37 heavy (non-hydrogen) atoms. The molecule has 0 atom stereocenters. The average Bonchev–Trinajstić information content (AvgIpc) is 3.11. The van der Waals surface area contributed by atoms with Crippen molar-refractivity contribution in [2.45, 2.75) is 13.5 Å². The first-order chi connectivity index (χ1) is 17.8. The first kappa shape index (κ1) is 26.4. The van der Waals surface area contributed by atoms with Crippen molar-refractivity contribution in [1.29, 1.82) is 0 Å². The Morgan fingerprint density at radius 1 is 1.08 bits per heavy atom. The lowest BCUT2D eigenvalue weighted by molar-refractivity contribution is -0.127. The van der Waals surface area contributed by atoms with Crippen LogP contribution in [0.15, 0.2) is 76.1 Å². The van der Waals surface area contributed by atoms with E-state index in [1.807, 2.05) is 37.3 Å². The van der Waals surface area contributed by atoms with Crippen LogP contribution in [0.2, 0.25) is 0 Å². The van der Waals surface area contributed by atoms with E-state index in [1.165, 1.54) is 18.2 Å². The van der Waals surface area contributed by atoms with E-state index in [9.17, 15) is 18.8 Å². The Balaban J connectivity index is 1.49. The number of ether oxygens (including phenoxy) is 2. The number of rotatable bonds is 9. The normalized spacial score (nSPS) is 14.2. The maximum atomic E-state index is 13.4. The van der Waals surface area contributed by atoms with Crippen molar-refractivity contribution in [2.75, 3.05) is 18.5 Å². The van der Waals surface area contributed by atoms with Crippen LogP contribution in [-0.2, 0) is 16.2 Å². The van der Waals surface area contributed by atoms with Crippen LogP contribution in [0.5, 0.6) is 11.5 Å². The molecule has 1 heterocycles. The Morgan fingerprint density at radius 3 is 2.59 bits per heavy atom. The maximum absolute atomic E-state index is 13.4. The highest BCUT2D eigenvalue weighted by Crippen LogP contribution is 2.39. The molecule has 0 bridgehead atoms. The number of anilines is 1. The minimum absolute atomic E-state index is 0.163. The summed E-state index contributed by atoms with van der Waals surface area (Å²) in [5, 5.41) is 1.91. The predicted octanol–water partition coefficient (Wildman–Crippen LogP) is 6.24. The molecule has 0 saturated carbocycles. The fourth-order valence-corrected chi connectivity index (χ4v) is 4.91. The fourth-order valence-electron chi connectivity index (χ4n) is 3.50. The third kappa shape index (κ3) is 6.78. The molecule has 1 aliphatic rings. The van der Waals surface area contributed by atoms with E-state index in [4.69, 9.17) is 9.47 Å². The molecule has 1 fully saturated rings. The summed E-state index contributed by atoms with van der Waals surface area (Å²) in [7, 11) is 0. The second kappa shape index (κ2) is 12.1. The summed E-state index contributed by atoms with van der Waals surface area (Å²) >= 11 is 4.25. The molecule has 0 unspecified atom stereocenters. The largest absolute Gasteiger partial charge is 0.490 e. The SMILES string of the molecule is CCOc1cc(/C=C2/SC(=O)N(CC(=O)Nc3cccc(F)c3)C2=O)cc(Br)c1OCc1ccccc1. The quantitative estimate of drug-likeness (QED) is 0.300. The van der Waals surface area contributed by atoms with Gasteiger partial charge < -0.3 is 14.8 Å². The maximum Gasteiger partial charge on any atom is 0.294 e. The second-order valence-corrected chi connectivity index (χ2v) is 9.71. The molecule has 4 rings (SSSR count). The zero-order valence-electron chi connectivity index (χ0n) is 19.7. The summed E-state index contributed by atoms with van der Waals surface area (Å²) in [5.41, 5.74) is 1.84. The van der Waals surface area contributed by atoms with Crippen molar-refractivity contribution in [2.24, 2.45) is 0 Å². The lowest BCUT2D eigenvalue weighted by Crippen LogP contribution is -2.36. The third-order valence-corrected chi connectivity index (χ3v) is 6.64. The number of carbonyl (C=O) groups is 3. The van der Waals surface area contributed by atoms with E-state index in [0.717, 1.165) is 28.3 Å². The van der Waals surface area contributed by atoms with Crippen molar-refractivity contribution >= 4 is 56.5 Å². The van der Waals surface area contributed by atoms with Gasteiger partial charge in [0.25, 0.3) is 11.1 Å². The summed E-state index contributed by atoms with van der Waals surface area (Å²) in [6, 6.07) is 18.5. The summed E-state index contributed by atoms with van der Waals surface area (Å²) in [4.78, 5) is 38.7. The number of hydrogen-bond donors (Lipinski definition) is 1. The molecule has 1 saturated heterocycles. The Bertz CT molecular complexity index is 1370. The predicted molar refractivity (Wildman–Crippen MR) is 144 cm³/mol. The molecule has 0 aliphatic carbocycles. The van der Waals surface area contributed by atoms with Gasteiger partial charge >= 0.3 is 0 Å². The van der Waals surface area contributed by atoms with E-state index in [-0.39, 0.29) is 10.6 Å². The van der Waals surface area contributed by atoms with Crippen LogP contribution >= 0.6 is 27.7 Å². The van der Waals surface area contributed by atoms with Crippen LogP contribution < -0.4 is 14.8 Å². The van der Waals surface area contributed by atoms with Gasteiger partial charge in [-0.1, -0.05) is 36.4 Å². The van der Waals surface area contributed by atoms with E-state index in [1.54, 1.807) is 18.2 Å². The number of imide groups is 1. The van der Waals surface area contributed by atoms with Gasteiger partial charge in [-0.05, 0) is 82.2 Å². The first-order valence-electron chi connectivity index (χ1n) is 11.3. The number of carbonyl (C=O) groups excluding carboxylic acids is 3. The van der Waals surface area contributed by atoms with Crippen molar-refractivity contribution in [3.8, 4) is 11.5 Å². The summed E-state index contributed by atoms with van der Waals surface area (Å²) in [6.45, 7) is 2.10. The minimum Gasteiger partial charge on any atom is -0.490 e. The van der Waals surface area contributed by atoms with Crippen LogP contribution in [0.4, 0.5) is 14.9 Å². The molecule has 3 aromatic rings. The highest BCUT2D eigenvalue weighted by molar-refractivity contribution is 9.10. The number of nitrogens with zero attached hydrogens (tertiary/aromatic N) is 1. The number of hydrogen-bond acceptors (Lipinski definition) is 6.